The molecule has 0 aliphatic carbocycles. The van der Waals surface area contributed by atoms with Crippen LogP contribution in [0.1, 0.15) is 5.82 Å². The first-order valence-electron chi connectivity index (χ1n) is 9.96. The van der Waals surface area contributed by atoms with Crippen LogP contribution in [-0.4, -0.2) is 39.5 Å². The first kappa shape index (κ1) is 18.6. The monoisotopic (exact) mass is 416 g/mol. The molecule has 150 valence electrons. The van der Waals surface area contributed by atoms with Gasteiger partial charge in [-0.15, -0.1) is 5.10 Å². The average Bonchev–Trinajstić information content (AvgIpc) is 3.43. The van der Waals surface area contributed by atoms with Crippen LogP contribution in [0.15, 0.2) is 84.9 Å². The fourth-order valence-electron chi connectivity index (χ4n) is 4.02. The molecule has 1 aliphatic heterocycles. The van der Waals surface area contributed by atoms with E-state index in [1.807, 2.05) is 36.4 Å². The highest BCUT2D eigenvalue weighted by atomic mass is 35.5. The molecule has 0 unspecified atom stereocenters. The number of hydrogen-bond donors (Lipinski definition) is 0. The van der Waals surface area contributed by atoms with Crippen LogP contribution in [0.3, 0.4) is 0 Å². The predicted molar refractivity (Wildman–Crippen MR) is 119 cm³/mol. The Balaban J connectivity index is 1.50. The maximum absolute atomic E-state index is 6.05. The molecule has 1 aromatic heterocycles. The molecule has 0 atom stereocenters. The number of para-hydroxylation sites is 2. The van der Waals surface area contributed by atoms with Crippen molar-refractivity contribution in [2.24, 2.45) is 0 Å². The van der Waals surface area contributed by atoms with E-state index in [1.165, 1.54) is 11.4 Å². The summed E-state index contributed by atoms with van der Waals surface area (Å²) < 4.78 is 1.79. The van der Waals surface area contributed by atoms with Crippen molar-refractivity contribution >= 4 is 23.0 Å². The zero-order chi connectivity index (χ0) is 20.3. The van der Waals surface area contributed by atoms with Gasteiger partial charge in [0.05, 0.1) is 5.69 Å². The van der Waals surface area contributed by atoms with E-state index in [0.29, 0.717) is 11.4 Å². The Morgan fingerprint density at radius 1 is 0.733 bits per heavy atom. The van der Waals surface area contributed by atoms with E-state index < -0.39 is 0 Å². The van der Waals surface area contributed by atoms with Crippen LogP contribution < -0.4 is 9.80 Å². The van der Waals surface area contributed by atoms with E-state index in [4.69, 9.17) is 11.6 Å². The van der Waals surface area contributed by atoms with Gasteiger partial charge in [0.2, 0.25) is 0 Å². The Bertz CT molecular complexity index is 1050. The number of aromatic nitrogens is 4. The van der Waals surface area contributed by atoms with Crippen molar-refractivity contribution in [1.29, 1.82) is 0 Å². The molecule has 1 saturated heterocycles. The molecule has 0 bridgehead atoms. The van der Waals surface area contributed by atoms with Gasteiger partial charge in [-0.1, -0.05) is 48.0 Å². The Kier molecular flexibility index (Phi) is 5.07. The van der Waals surface area contributed by atoms with E-state index >= 15 is 0 Å². The minimum Gasteiger partial charge on any atom is -0.349 e. The van der Waals surface area contributed by atoms with E-state index in [9.17, 15) is 0 Å². The summed E-state index contributed by atoms with van der Waals surface area (Å²) in [6, 6.07) is 28.6. The molecule has 3 aromatic carbocycles. The lowest BCUT2D eigenvalue weighted by Gasteiger charge is -2.32. The number of rotatable bonds is 5. The molecular weight excluding hydrogens is 396 g/mol. The maximum atomic E-state index is 6.05. The smallest absolute Gasteiger partial charge is 0.160 e. The molecule has 0 saturated carbocycles. The highest BCUT2D eigenvalue weighted by Gasteiger charge is 2.34. The molecule has 7 heteroatoms. The van der Waals surface area contributed by atoms with Gasteiger partial charge in [0.1, 0.15) is 6.17 Å². The van der Waals surface area contributed by atoms with Crippen LogP contribution in [-0.2, 0) is 6.42 Å². The zero-order valence-corrected chi connectivity index (χ0v) is 17.1. The standard InChI is InChI=1S/C23H21ClN6/c24-18-11-13-21(14-12-18)30-22(25-26-27-30)17-23-28(19-7-3-1-4-8-19)15-16-29(23)20-9-5-2-6-10-20/h1-14,23H,15-17H2. The summed E-state index contributed by atoms with van der Waals surface area (Å²) in [5.41, 5.74) is 3.30. The summed E-state index contributed by atoms with van der Waals surface area (Å²) in [5.74, 6) is 0.811. The Labute approximate surface area is 180 Å². The summed E-state index contributed by atoms with van der Waals surface area (Å²) in [7, 11) is 0. The second-order valence-electron chi connectivity index (χ2n) is 7.23. The number of halogens is 1. The van der Waals surface area contributed by atoms with Crippen molar-refractivity contribution in [2.45, 2.75) is 12.6 Å². The number of tetrazole rings is 1. The normalized spacial score (nSPS) is 14.4. The zero-order valence-electron chi connectivity index (χ0n) is 16.3. The minimum absolute atomic E-state index is 0.104. The Hall–Kier alpha value is -3.38. The molecule has 0 spiro atoms. The van der Waals surface area contributed by atoms with Crippen molar-refractivity contribution in [3.63, 3.8) is 0 Å². The minimum atomic E-state index is 0.104. The van der Waals surface area contributed by atoms with Gasteiger partial charge in [-0.3, -0.25) is 0 Å². The SMILES string of the molecule is Clc1ccc(-n2nnnc2CC2N(c3ccccc3)CCN2c2ccccc2)cc1. The molecule has 0 amide bonds. The average molecular weight is 417 g/mol. The molecule has 5 rings (SSSR count). The molecule has 0 N–H and O–H groups in total. The summed E-state index contributed by atoms with van der Waals surface area (Å²) in [6.07, 6.45) is 0.784. The lowest BCUT2D eigenvalue weighted by molar-refractivity contribution is 0.624. The molecular formula is C23H21ClN6. The van der Waals surface area contributed by atoms with E-state index in [1.54, 1.807) is 4.68 Å². The van der Waals surface area contributed by atoms with Crippen molar-refractivity contribution in [3.8, 4) is 5.69 Å². The highest BCUT2D eigenvalue weighted by Crippen LogP contribution is 2.30. The number of nitrogens with zero attached hydrogens (tertiary/aromatic N) is 6. The Morgan fingerprint density at radius 3 is 1.87 bits per heavy atom. The van der Waals surface area contributed by atoms with Crippen LogP contribution >= 0.6 is 11.6 Å². The van der Waals surface area contributed by atoms with Crippen LogP contribution in [0, 0.1) is 0 Å². The third kappa shape index (κ3) is 3.62. The predicted octanol–water partition coefficient (Wildman–Crippen LogP) is 4.21. The second kappa shape index (κ2) is 8.16. The molecule has 30 heavy (non-hydrogen) atoms. The fraction of sp³-hybridized carbons (Fsp3) is 0.174. The van der Waals surface area contributed by atoms with Gasteiger partial charge in [-0.2, -0.15) is 4.68 Å². The first-order valence-corrected chi connectivity index (χ1v) is 10.3. The fourth-order valence-corrected chi connectivity index (χ4v) is 4.15. The van der Waals surface area contributed by atoms with E-state index in [0.717, 1.165) is 24.6 Å². The van der Waals surface area contributed by atoms with E-state index in [2.05, 4.69) is 73.9 Å². The van der Waals surface area contributed by atoms with Gasteiger partial charge in [0, 0.05) is 35.9 Å². The van der Waals surface area contributed by atoms with Crippen LogP contribution in [0.4, 0.5) is 11.4 Å². The molecule has 0 radical (unpaired) electrons. The van der Waals surface area contributed by atoms with Crippen molar-refractivity contribution in [2.75, 3.05) is 22.9 Å². The topological polar surface area (TPSA) is 50.1 Å². The number of benzene rings is 3. The third-order valence-corrected chi connectivity index (χ3v) is 5.70. The highest BCUT2D eigenvalue weighted by molar-refractivity contribution is 6.30. The Morgan fingerprint density at radius 2 is 1.30 bits per heavy atom. The number of anilines is 2. The lowest BCUT2D eigenvalue weighted by Crippen LogP contribution is -2.41. The maximum Gasteiger partial charge on any atom is 0.160 e. The van der Waals surface area contributed by atoms with Gasteiger partial charge in [-0.25, -0.2) is 0 Å². The van der Waals surface area contributed by atoms with Gasteiger partial charge in [0.15, 0.2) is 5.82 Å². The molecule has 1 fully saturated rings. The van der Waals surface area contributed by atoms with Gasteiger partial charge < -0.3 is 9.80 Å². The van der Waals surface area contributed by atoms with Crippen molar-refractivity contribution in [3.05, 3.63) is 95.8 Å². The lowest BCUT2D eigenvalue weighted by atomic mass is 10.2. The second-order valence-corrected chi connectivity index (χ2v) is 7.66. The summed E-state index contributed by atoms with van der Waals surface area (Å²) in [5, 5.41) is 13.2. The van der Waals surface area contributed by atoms with Crippen LogP contribution in [0.25, 0.3) is 5.69 Å². The van der Waals surface area contributed by atoms with Gasteiger partial charge >= 0.3 is 0 Å². The summed E-state index contributed by atoms with van der Waals surface area (Å²) in [6.45, 7) is 1.87. The van der Waals surface area contributed by atoms with Crippen LogP contribution in [0.2, 0.25) is 5.02 Å². The molecule has 1 aliphatic rings. The quantitative estimate of drug-likeness (QED) is 0.487. The van der Waals surface area contributed by atoms with Gasteiger partial charge in [0.25, 0.3) is 0 Å². The summed E-state index contributed by atoms with van der Waals surface area (Å²) in [4.78, 5) is 4.85. The number of hydrogen-bond acceptors (Lipinski definition) is 5. The summed E-state index contributed by atoms with van der Waals surface area (Å²) >= 11 is 6.05. The van der Waals surface area contributed by atoms with Crippen LogP contribution in [0.5, 0.6) is 0 Å². The van der Waals surface area contributed by atoms with E-state index in [-0.39, 0.29) is 6.17 Å². The molecule has 4 aromatic rings. The van der Waals surface area contributed by atoms with Crippen molar-refractivity contribution in [1.82, 2.24) is 20.2 Å². The molecule has 6 nitrogen and oxygen atoms in total. The first-order chi connectivity index (χ1) is 14.8. The van der Waals surface area contributed by atoms with Gasteiger partial charge in [-0.05, 0) is 59.0 Å². The molecule has 2 heterocycles. The largest absolute Gasteiger partial charge is 0.349 e. The van der Waals surface area contributed by atoms with Crippen molar-refractivity contribution < 1.29 is 0 Å². The third-order valence-electron chi connectivity index (χ3n) is 5.45.